The second-order valence-electron chi connectivity index (χ2n) is 8.31. The van der Waals surface area contributed by atoms with Gasteiger partial charge in [0.05, 0.1) is 5.56 Å². The molecule has 1 N–H and O–H groups in total. The molecule has 4 rings (SSSR count). The van der Waals surface area contributed by atoms with Crippen molar-refractivity contribution in [2.45, 2.75) is 43.7 Å². The quantitative estimate of drug-likeness (QED) is 0.316. The van der Waals surface area contributed by atoms with E-state index in [2.05, 4.69) is 5.32 Å². The maximum Gasteiger partial charge on any atom is 0.340 e. The minimum absolute atomic E-state index is 0.0617. The van der Waals surface area contributed by atoms with Crippen molar-refractivity contribution in [3.63, 3.8) is 0 Å². The predicted molar refractivity (Wildman–Crippen MR) is 126 cm³/mol. The number of carbonyl (C=O) groups is 3. The van der Waals surface area contributed by atoms with Crippen molar-refractivity contribution in [3.05, 3.63) is 108 Å². The minimum Gasteiger partial charge on any atom is -0.432 e. The second-order valence-corrected chi connectivity index (χ2v) is 8.31. The lowest BCUT2D eigenvalue weighted by Gasteiger charge is -2.34. The van der Waals surface area contributed by atoms with Crippen molar-refractivity contribution in [2.24, 2.45) is 0 Å². The first kappa shape index (κ1) is 22.5. The molecule has 1 fully saturated rings. The summed E-state index contributed by atoms with van der Waals surface area (Å²) in [6.07, 6.45) is 4.83. The molecule has 0 spiro atoms. The molecule has 5 heteroatoms. The van der Waals surface area contributed by atoms with Gasteiger partial charge in [0.25, 0.3) is 11.5 Å². The number of ether oxygens (including phenoxy) is 1. The molecular formula is C28H27NO4. The molecule has 1 aliphatic carbocycles. The summed E-state index contributed by atoms with van der Waals surface area (Å²) in [5.41, 5.74) is -1.27. The van der Waals surface area contributed by atoms with E-state index in [9.17, 15) is 14.4 Å². The van der Waals surface area contributed by atoms with E-state index >= 15 is 0 Å². The van der Waals surface area contributed by atoms with Gasteiger partial charge in [0.1, 0.15) is 0 Å². The third-order valence-electron chi connectivity index (χ3n) is 6.05. The first-order valence-electron chi connectivity index (χ1n) is 11.4. The standard InChI is InChI=1S/C28H27NO4/c30-25(21-13-5-1-6-14-21)28(23-17-9-3-10-18-23,27(32)29-24-19-11-4-12-20-24)33-26(31)22-15-7-2-8-16-22/h1-3,5-10,13-18,24H,4,11-12,19-20H2,(H,29,32). The fraction of sp³-hybridized carbons (Fsp3) is 0.250. The Labute approximate surface area is 193 Å². The first-order chi connectivity index (χ1) is 16.1. The van der Waals surface area contributed by atoms with E-state index in [0.717, 1.165) is 32.1 Å². The predicted octanol–water partition coefficient (Wildman–Crippen LogP) is 5.07. The van der Waals surface area contributed by atoms with Crippen LogP contribution in [0.25, 0.3) is 0 Å². The zero-order valence-electron chi connectivity index (χ0n) is 18.4. The molecule has 1 aliphatic rings. The number of benzene rings is 3. The van der Waals surface area contributed by atoms with E-state index in [4.69, 9.17) is 4.74 Å². The Morgan fingerprint density at radius 2 is 1.21 bits per heavy atom. The van der Waals surface area contributed by atoms with Gasteiger partial charge < -0.3 is 10.1 Å². The van der Waals surface area contributed by atoms with Crippen LogP contribution in [0.5, 0.6) is 0 Å². The molecule has 1 saturated carbocycles. The lowest BCUT2D eigenvalue weighted by Crippen LogP contribution is -2.55. The summed E-state index contributed by atoms with van der Waals surface area (Å²) in [5, 5.41) is 3.03. The summed E-state index contributed by atoms with van der Waals surface area (Å²) in [6, 6.07) is 25.4. The molecule has 1 unspecified atom stereocenters. The van der Waals surface area contributed by atoms with Crippen LogP contribution in [0.15, 0.2) is 91.0 Å². The highest BCUT2D eigenvalue weighted by molar-refractivity contribution is 6.18. The monoisotopic (exact) mass is 441 g/mol. The first-order valence-corrected chi connectivity index (χ1v) is 11.4. The molecule has 5 nitrogen and oxygen atoms in total. The van der Waals surface area contributed by atoms with Crippen molar-refractivity contribution in [3.8, 4) is 0 Å². The van der Waals surface area contributed by atoms with Crippen molar-refractivity contribution < 1.29 is 19.1 Å². The molecular weight excluding hydrogens is 414 g/mol. The summed E-state index contributed by atoms with van der Waals surface area (Å²) in [6.45, 7) is 0. The van der Waals surface area contributed by atoms with E-state index in [1.165, 1.54) is 0 Å². The van der Waals surface area contributed by atoms with Gasteiger partial charge in [-0.25, -0.2) is 4.79 Å². The summed E-state index contributed by atoms with van der Waals surface area (Å²) in [7, 11) is 0. The Balaban J connectivity index is 1.82. The van der Waals surface area contributed by atoms with Crippen molar-refractivity contribution >= 4 is 17.7 Å². The smallest absolute Gasteiger partial charge is 0.340 e. The molecule has 1 atom stereocenters. The van der Waals surface area contributed by atoms with Crippen LogP contribution in [0.3, 0.4) is 0 Å². The van der Waals surface area contributed by atoms with Crippen LogP contribution in [0, 0.1) is 0 Å². The fourth-order valence-corrected chi connectivity index (χ4v) is 4.29. The van der Waals surface area contributed by atoms with Gasteiger partial charge in [0.15, 0.2) is 0 Å². The second kappa shape index (κ2) is 10.3. The van der Waals surface area contributed by atoms with E-state index in [-0.39, 0.29) is 11.6 Å². The molecule has 0 bridgehead atoms. The molecule has 3 aromatic rings. The van der Waals surface area contributed by atoms with Crippen molar-refractivity contribution in [1.29, 1.82) is 0 Å². The van der Waals surface area contributed by atoms with E-state index in [1.54, 1.807) is 91.0 Å². The highest BCUT2D eigenvalue weighted by Crippen LogP contribution is 2.33. The number of hydrogen-bond donors (Lipinski definition) is 1. The Hall–Kier alpha value is -3.73. The largest absolute Gasteiger partial charge is 0.432 e. The highest BCUT2D eigenvalue weighted by atomic mass is 16.6. The molecule has 0 heterocycles. The SMILES string of the molecule is O=C(OC(C(=O)NC1CCCCC1)(C(=O)c1ccccc1)c1ccccc1)c1ccccc1. The van der Waals surface area contributed by atoms with Gasteiger partial charge in [-0.05, 0) is 25.0 Å². The molecule has 33 heavy (non-hydrogen) atoms. The molecule has 0 aliphatic heterocycles. The van der Waals surface area contributed by atoms with Crippen LogP contribution in [0.1, 0.15) is 58.4 Å². The summed E-state index contributed by atoms with van der Waals surface area (Å²) in [5.74, 6) is -1.92. The summed E-state index contributed by atoms with van der Waals surface area (Å²) >= 11 is 0. The zero-order valence-corrected chi connectivity index (χ0v) is 18.4. The average Bonchev–Trinajstić information content (AvgIpc) is 2.89. The zero-order chi connectivity index (χ0) is 23.1. The van der Waals surface area contributed by atoms with Gasteiger partial charge >= 0.3 is 5.97 Å². The molecule has 1 amide bonds. The third-order valence-corrected chi connectivity index (χ3v) is 6.05. The Kier molecular flexibility index (Phi) is 6.98. The number of ketones is 1. The third kappa shape index (κ3) is 4.87. The van der Waals surface area contributed by atoms with Crippen LogP contribution in [-0.4, -0.2) is 23.7 Å². The Bertz CT molecular complexity index is 1090. The number of rotatable bonds is 7. The van der Waals surface area contributed by atoms with E-state index < -0.39 is 23.3 Å². The lowest BCUT2D eigenvalue weighted by molar-refractivity contribution is -0.138. The Morgan fingerprint density at radius 3 is 1.79 bits per heavy atom. The Morgan fingerprint density at radius 1 is 0.697 bits per heavy atom. The van der Waals surface area contributed by atoms with Gasteiger partial charge in [-0.15, -0.1) is 0 Å². The number of esters is 1. The lowest BCUT2D eigenvalue weighted by atomic mass is 9.83. The maximum absolute atomic E-state index is 14.0. The van der Waals surface area contributed by atoms with Gasteiger partial charge in [-0.2, -0.15) is 0 Å². The van der Waals surface area contributed by atoms with Crippen LogP contribution in [0.4, 0.5) is 0 Å². The van der Waals surface area contributed by atoms with Gasteiger partial charge in [-0.3, -0.25) is 9.59 Å². The molecule has 3 aromatic carbocycles. The minimum atomic E-state index is -2.15. The van der Waals surface area contributed by atoms with Crippen LogP contribution >= 0.6 is 0 Å². The number of nitrogens with one attached hydrogen (secondary N) is 1. The van der Waals surface area contributed by atoms with Gasteiger partial charge in [-0.1, -0.05) is 98.1 Å². The van der Waals surface area contributed by atoms with Crippen molar-refractivity contribution in [2.75, 3.05) is 0 Å². The molecule has 168 valence electrons. The van der Waals surface area contributed by atoms with E-state index in [1.807, 2.05) is 0 Å². The number of amides is 1. The number of carbonyl (C=O) groups excluding carboxylic acids is 3. The normalized spacial score (nSPS) is 15.8. The van der Waals surface area contributed by atoms with Gasteiger partial charge in [0.2, 0.25) is 5.78 Å². The molecule has 0 aromatic heterocycles. The maximum atomic E-state index is 14.0. The molecule has 0 saturated heterocycles. The summed E-state index contributed by atoms with van der Waals surface area (Å²) in [4.78, 5) is 41.1. The summed E-state index contributed by atoms with van der Waals surface area (Å²) < 4.78 is 5.93. The van der Waals surface area contributed by atoms with Gasteiger partial charge in [0, 0.05) is 17.2 Å². The average molecular weight is 442 g/mol. The number of hydrogen-bond acceptors (Lipinski definition) is 4. The molecule has 0 radical (unpaired) electrons. The highest BCUT2D eigenvalue weighted by Gasteiger charge is 2.52. The van der Waals surface area contributed by atoms with Crippen molar-refractivity contribution in [1.82, 2.24) is 5.32 Å². The number of Topliss-reactive ketones (excluding diaryl/α,β-unsaturated/α-hetero) is 1. The fourth-order valence-electron chi connectivity index (χ4n) is 4.29. The van der Waals surface area contributed by atoms with Crippen LogP contribution in [-0.2, 0) is 15.1 Å². The van der Waals surface area contributed by atoms with E-state index in [0.29, 0.717) is 11.1 Å². The topological polar surface area (TPSA) is 72.5 Å². The van der Waals surface area contributed by atoms with Crippen LogP contribution in [0.2, 0.25) is 0 Å². The van der Waals surface area contributed by atoms with Crippen LogP contribution < -0.4 is 5.32 Å².